The van der Waals surface area contributed by atoms with Gasteiger partial charge in [0.25, 0.3) is 14.0 Å². The molecule has 5 nitrogen and oxygen atoms in total. The van der Waals surface area contributed by atoms with E-state index in [0.717, 1.165) is 5.56 Å². The number of nitrogens with zero attached hydrogens (tertiary/aromatic N) is 1. The van der Waals surface area contributed by atoms with Gasteiger partial charge in [-0.3, -0.25) is 10.1 Å². The number of rotatable bonds is 6. The largest absolute Gasteiger partial charge is 0.403 e. The maximum absolute atomic E-state index is 11.3. The zero-order valence-electron chi connectivity index (χ0n) is 17.0. The van der Waals surface area contributed by atoms with Crippen molar-refractivity contribution in [3.05, 3.63) is 94.5 Å². The molecular formula is C23H26N2O3Si. The molecule has 0 fully saturated rings. The number of benzene rings is 3. The summed E-state index contributed by atoms with van der Waals surface area (Å²) in [7, 11) is -2.69. The maximum Gasteiger partial charge on any atom is 0.292 e. The lowest BCUT2D eigenvalue weighted by atomic mass is 10.2. The molecule has 0 heterocycles. The molecular weight excluding hydrogens is 380 g/mol. The summed E-state index contributed by atoms with van der Waals surface area (Å²) in [4.78, 5) is 10.8. The topological polar surface area (TPSA) is 78.4 Å². The zero-order valence-corrected chi connectivity index (χ0v) is 18.0. The van der Waals surface area contributed by atoms with Crippen LogP contribution in [0.15, 0.2) is 78.9 Å². The number of anilines is 1. The van der Waals surface area contributed by atoms with Crippen LogP contribution in [-0.4, -0.2) is 13.2 Å². The number of nitro benzene ring substituents is 1. The van der Waals surface area contributed by atoms with Crippen LogP contribution in [0.4, 0.5) is 11.4 Å². The van der Waals surface area contributed by atoms with E-state index >= 15 is 0 Å². The fourth-order valence-electron chi connectivity index (χ4n) is 3.79. The molecule has 0 bridgehead atoms. The molecule has 3 aromatic carbocycles. The van der Waals surface area contributed by atoms with Gasteiger partial charge in [-0.05, 0) is 27.0 Å². The molecule has 150 valence electrons. The Balaban J connectivity index is 2.09. The second-order valence-corrected chi connectivity index (χ2v) is 12.4. The quantitative estimate of drug-likeness (QED) is 0.287. The van der Waals surface area contributed by atoms with E-state index in [2.05, 4.69) is 45.0 Å². The lowest BCUT2D eigenvalue weighted by Gasteiger charge is -2.43. The molecule has 0 saturated carbocycles. The molecule has 0 saturated heterocycles. The predicted octanol–water partition coefficient (Wildman–Crippen LogP) is 4.25. The van der Waals surface area contributed by atoms with E-state index < -0.39 is 13.2 Å². The lowest BCUT2D eigenvalue weighted by Crippen LogP contribution is -2.66. The minimum Gasteiger partial charge on any atom is -0.403 e. The molecule has 0 aliphatic heterocycles. The van der Waals surface area contributed by atoms with Gasteiger partial charge in [-0.1, -0.05) is 87.5 Å². The molecule has 0 aliphatic carbocycles. The van der Waals surface area contributed by atoms with Crippen molar-refractivity contribution >= 4 is 30.1 Å². The summed E-state index contributed by atoms with van der Waals surface area (Å²) in [6.07, 6.45) is 0. The van der Waals surface area contributed by atoms with Crippen LogP contribution < -0.4 is 16.1 Å². The van der Waals surface area contributed by atoms with E-state index in [0.29, 0.717) is 0 Å². The van der Waals surface area contributed by atoms with Gasteiger partial charge in [0.15, 0.2) is 0 Å². The molecule has 0 aliphatic rings. The van der Waals surface area contributed by atoms with Gasteiger partial charge in [0.05, 0.1) is 11.5 Å². The Hall–Kier alpha value is -2.96. The summed E-state index contributed by atoms with van der Waals surface area (Å²) in [5.41, 5.74) is 6.55. The second kappa shape index (κ2) is 8.19. The number of nitrogens with two attached hydrogens (primary N) is 1. The molecule has 2 N–H and O–H groups in total. The molecule has 0 atom stereocenters. The van der Waals surface area contributed by atoms with Gasteiger partial charge < -0.3 is 10.2 Å². The van der Waals surface area contributed by atoms with Gasteiger partial charge in [-0.15, -0.1) is 0 Å². The fraction of sp³-hybridized carbons (Fsp3) is 0.217. The average molecular weight is 407 g/mol. The molecule has 29 heavy (non-hydrogen) atoms. The summed E-state index contributed by atoms with van der Waals surface area (Å²) in [6, 6.07) is 25.5. The van der Waals surface area contributed by atoms with Crippen molar-refractivity contribution in [3.63, 3.8) is 0 Å². The number of hydrogen-bond donors (Lipinski definition) is 1. The molecule has 0 aromatic heterocycles. The van der Waals surface area contributed by atoms with Crippen molar-refractivity contribution in [2.24, 2.45) is 0 Å². The van der Waals surface area contributed by atoms with Crippen LogP contribution in [0.5, 0.6) is 0 Å². The third kappa shape index (κ3) is 4.08. The van der Waals surface area contributed by atoms with Crippen molar-refractivity contribution in [2.75, 3.05) is 5.73 Å². The molecule has 6 heteroatoms. The van der Waals surface area contributed by atoms with Crippen LogP contribution in [0, 0.1) is 10.1 Å². The highest BCUT2D eigenvalue weighted by atomic mass is 28.4. The Bertz CT molecular complexity index is 947. The number of nitro groups is 1. The molecule has 3 rings (SSSR count). The summed E-state index contributed by atoms with van der Waals surface area (Å²) >= 11 is 0. The van der Waals surface area contributed by atoms with E-state index in [4.69, 9.17) is 10.2 Å². The highest BCUT2D eigenvalue weighted by molar-refractivity contribution is 6.99. The Morgan fingerprint density at radius 3 is 1.90 bits per heavy atom. The predicted molar refractivity (Wildman–Crippen MR) is 120 cm³/mol. The van der Waals surface area contributed by atoms with Gasteiger partial charge in [0.1, 0.15) is 5.69 Å². The lowest BCUT2D eigenvalue weighted by molar-refractivity contribution is -0.384. The first-order valence-electron chi connectivity index (χ1n) is 9.53. The maximum atomic E-state index is 11.3. The van der Waals surface area contributed by atoms with Gasteiger partial charge in [-0.2, -0.15) is 0 Å². The van der Waals surface area contributed by atoms with E-state index in [1.165, 1.54) is 16.4 Å². The molecule has 0 radical (unpaired) electrons. The van der Waals surface area contributed by atoms with E-state index in [9.17, 15) is 10.1 Å². The van der Waals surface area contributed by atoms with Gasteiger partial charge >= 0.3 is 0 Å². The third-order valence-electron chi connectivity index (χ3n) is 5.16. The van der Waals surface area contributed by atoms with Crippen LogP contribution in [0.2, 0.25) is 5.04 Å². The number of hydrogen-bond acceptors (Lipinski definition) is 4. The Kier molecular flexibility index (Phi) is 5.86. The van der Waals surface area contributed by atoms with E-state index in [1.807, 2.05) is 36.4 Å². The first-order chi connectivity index (χ1) is 13.8. The number of nitrogen functional groups attached to an aromatic ring is 1. The van der Waals surface area contributed by atoms with Crippen molar-refractivity contribution in [2.45, 2.75) is 32.4 Å². The minimum atomic E-state index is -2.69. The highest BCUT2D eigenvalue weighted by Gasteiger charge is 2.50. The summed E-state index contributed by atoms with van der Waals surface area (Å²) in [5.74, 6) is 0. The van der Waals surface area contributed by atoms with Crippen molar-refractivity contribution in [1.82, 2.24) is 0 Å². The van der Waals surface area contributed by atoms with Crippen molar-refractivity contribution in [1.29, 1.82) is 0 Å². The van der Waals surface area contributed by atoms with Crippen LogP contribution in [0.1, 0.15) is 26.3 Å². The first kappa shape index (κ1) is 20.8. The normalized spacial score (nSPS) is 12.0. The van der Waals surface area contributed by atoms with Crippen LogP contribution in [0.25, 0.3) is 0 Å². The molecule has 3 aromatic rings. The smallest absolute Gasteiger partial charge is 0.292 e. The SMILES string of the molecule is CC(C)(C)[Si](OCc1ccc(N)c([N+](=O)[O-])c1)(c1ccccc1)c1ccccc1. The average Bonchev–Trinajstić information content (AvgIpc) is 2.70. The van der Waals surface area contributed by atoms with E-state index in [-0.39, 0.29) is 23.0 Å². The summed E-state index contributed by atoms with van der Waals surface area (Å²) in [5, 5.41) is 13.5. The highest BCUT2D eigenvalue weighted by Crippen LogP contribution is 2.37. The zero-order chi connectivity index (χ0) is 21.1. The van der Waals surface area contributed by atoms with Gasteiger partial charge in [-0.25, -0.2) is 0 Å². The van der Waals surface area contributed by atoms with Crippen molar-refractivity contribution in [3.8, 4) is 0 Å². The standard InChI is InChI=1S/C23H26N2O3Si/c1-23(2,3)29(19-10-6-4-7-11-19,20-12-8-5-9-13-20)28-17-18-14-15-21(24)22(16-18)25(26)27/h4-16H,17,24H2,1-3H3. The van der Waals surface area contributed by atoms with Crippen LogP contribution in [0.3, 0.4) is 0 Å². The third-order valence-corrected chi connectivity index (χ3v) is 10.1. The monoisotopic (exact) mass is 406 g/mol. The fourth-order valence-corrected chi connectivity index (χ4v) is 8.33. The Morgan fingerprint density at radius 2 is 1.45 bits per heavy atom. The molecule has 0 amide bonds. The van der Waals surface area contributed by atoms with Crippen molar-refractivity contribution < 1.29 is 9.35 Å². The molecule has 0 unspecified atom stereocenters. The Morgan fingerprint density at radius 1 is 0.931 bits per heavy atom. The minimum absolute atomic E-state index is 0.0893. The Labute approximate surface area is 172 Å². The van der Waals surface area contributed by atoms with Crippen LogP contribution >= 0.6 is 0 Å². The summed E-state index contributed by atoms with van der Waals surface area (Å²) < 4.78 is 6.80. The molecule has 0 spiro atoms. The second-order valence-electron chi connectivity index (χ2n) is 8.10. The van der Waals surface area contributed by atoms with Gasteiger partial charge in [0.2, 0.25) is 0 Å². The summed E-state index contributed by atoms with van der Waals surface area (Å²) in [6.45, 7) is 6.87. The van der Waals surface area contributed by atoms with Crippen LogP contribution in [-0.2, 0) is 11.0 Å². The van der Waals surface area contributed by atoms with Gasteiger partial charge in [0, 0.05) is 6.07 Å². The first-order valence-corrected chi connectivity index (χ1v) is 11.4. The van der Waals surface area contributed by atoms with E-state index in [1.54, 1.807) is 12.1 Å².